The molecule has 1 heterocycles. The molecule has 5 nitrogen and oxygen atoms in total. The van der Waals surface area contributed by atoms with E-state index in [1.807, 2.05) is 37.4 Å². The first-order valence-electron chi connectivity index (χ1n) is 9.03. The van der Waals surface area contributed by atoms with Gasteiger partial charge in [-0.1, -0.05) is 24.6 Å². The molecule has 0 spiro atoms. The number of hydrogen-bond acceptors (Lipinski definition) is 3. The monoisotopic (exact) mass is 332 g/mol. The molecule has 0 radical (unpaired) electrons. The standard InChI is InChI=1S/C19H28N2O3/c1-21(13-15-11-12-23-14-15)19(22)20-17-9-5-6-10-18(17)24-16-7-3-2-4-8-16/h2-4,7-8,15,17-18H,5-6,9-14H2,1H3,(H,20,22). The topological polar surface area (TPSA) is 50.8 Å². The third-order valence-electron chi connectivity index (χ3n) is 4.94. The van der Waals surface area contributed by atoms with Gasteiger partial charge in [-0.25, -0.2) is 4.79 Å². The summed E-state index contributed by atoms with van der Waals surface area (Å²) in [6, 6.07) is 9.95. The zero-order valence-electron chi connectivity index (χ0n) is 14.4. The molecule has 3 unspecified atom stereocenters. The average Bonchev–Trinajstić information content (AvgIpc) is 3.10. The Balaban J connectivity index is 1.53. The zero-order valence-corrected chi connectivity index (χ0v) is 14.4. The fourth-order valence-electron chi connectivity index (χ4n) is 3.54. The van der Waals surface area contributed by atoms with E-state index in [9.17, 15) is 4.79 Å². The van der Waals surface area contributed by atoms with Crippen molar-refractivity contribution in [1.29, 1.82) is 0 Å². The van der Waals surface area contributed by atoms with Crippen LogP contribution in [0.2, 0.25) is 0 Å². The SMILES string of the molecule is CN(CC1CCOC1)C(=O)NC1CCCCC1Oc1ccccc1. The summed E-state index contributed by atoms with van der Waals surface area (Å²) < 4.78 is 11.5. The quantitative estimate of drug-likeness (QED) is 0.901. The van der Waals surface area contributed by atoms with Gasteiger partial charge in [0.15, 0.2) is 0 Å². The summed E-state index contributed by atoms with van der Waals surface area (Å²) in [4.78, 5) is 14.3. The normalized spacial score (nSPS) is 26.8. The van der Waals surface area contributed by atoms with Gasteiger partial charge in [0.05, 0.1) is 12.6 Å². The van der Waals surface area contributed by atoms with Crippen LogP contribution >= 0.6 is 0 Å². The maximum atomic E-state index is 12.5. The van der Waals surface area contributed by atoms with Crippen LogP contribution < -0.4 is 10.1 Å². The minimum atomic E-state index is -0.00420. The lowest BCUT2D eigenvalue weighted by Crippen LogP contribution is -2.51. The molecule has 5 heteroatoms. The number of nitrogens with one attached hydrogen (secondary N) is 1. The Morgan fingerprint density at radius 1 is 1.25 bits per heavy atom. The van der Waals surface area contributed by atoms with Gasteiger partial charge >= 0.3 is 6.03 Å². The predicted molar refractivity (Wildman–Crippen MR) is 93.2 cm³/mol. The van der Waals surface area contributed by atoms with Crippen molar-refractivity contribution < 1.29 is 14.3 Å². The van der Waals surface area contributed by atoms with Crippen molar-refractivity contribution in [3.05, 3.63) is 30.3 Å². The minimum Gasteiger partial charge on any atom is -0.488 e. The van der Waals surface area contributed by atoms with Crippen LogP contribution in [0.25, 0.3) is 0 Å². The van der Waals surface area contributed by atoms with Crippen LogP contribution in [0.15, 0.2) is 30.3 Å². The molecule has 1 aromatic rings. The first-order chi connectivity index (χ1) is 11.7. The molecule has 1 saturated heterocycles. The van der Waals surface area contributed by atoms with Crippen molar-refractivity contribution in [3.63, 3.8) is 0 Å². The summed E-state index contributed by atoms with van der Waals surface area (Å²) in [5.74, 6) is 1.34. The van der Waals surface area contributed by atoms with Gasteiger partial charge in [-0.05, 0) is 37.8 Å². The number of hydrogen-bond donors (Lipinski definition) is 1. The minimum absolute atomic E-state index is 0.00420. The molecule has 1 aliphatic heterocycles. The molecular weight excluding hydrogens is 304 g/mol. The average molecular weight is 332 g/mol. The molecule has 2 amide bonds. The molecule has 0 aromatic heterocycles. The molecule has 24 heavy (non-hydrogen) atoms. The first kappa shape index (κ1) is 17.1. The molecule has 3 atom stereocenters. The molecule has 132 valence electrons. The number of carbonyl (C=O) groups excluding carboxylic acids is 1. The van der Waals surface area contributed by atoms with Gasteiger partial charge in [-0.2, -0.15) is 0 Å². The zero-order chi connectivity index (χ0) is 16.8. The lowest BCUT2D eigenvalue weighted by Gasteiger charge is -2.34. The molecular formula is C19H28N2O3. The molecule has 3 rings (SSSR count). The number of ether oxygens (including phenoxy) is 2. The van der Waals surface area contributed by atoms with Crippen molar-refractivity contribution in [2.24, 2.45) is 5.92 Å². The number of para-hydroxylation sites is 1. The van der Waals surface area contributed by atoms with E-state index in [0.29, 0.717) is 5.92 Å². The highest BCUT2D eigenvalue weighted by Crippen LogP contribution is 2.24. The van der Waals surface area contributed by atoms with Gasteiger partial charge in [0, 0.05) is 26.1 Å². The maximum Gasteiger partial charge on any atom is 0.317 e. The van der Waals surface area contributed by atoms with E-state index >= 15 is 0 Å². The second-order valence-electron chi connectivity index (χ2n) is 6.92. The van der Waals surface area contributed by atoms with Crippen LogP contribution in [-0.2, 0) is 4.74 Å². The van der Waals surface area contributed by atoms with E-state index in [4.69, 9.17) is 9.47 Å². The van der Waals surface area contributed by atoms with Gasteiger partial charge in [0.1, 0.15) is 11.9 Å². The lowest BCUT2D eigenvalue weighted by atomic mass is 9.92. The molecule has 1 N–H and O–H groups in total. The summed E-state index contributed by atoms with van der Waals surface area (Å²) >= 11 is 0. The van der Waals surface area contributed by atoms with Gasteiger partial charge in [-0.15, -0.1) is 0 Å². The second kappa shape index (κ2) is 8.38. The van der Waals surface area contributed by atoms with Crippen molar-refractivity contribution in [3.8, 4) is 5.75 Å². The van der Waals surface area contributed by atoms with E-state index in [2.05, 4.69) is 5.32 Å². The van der Waals surface area contributed by atoms with Gasteiger partial charge in [0.25, 0.3) is 0 Å². The molecule has 1 aromatic carbocycles. The Morgan fingerprint density at radius 3 is 2.79 bits per heavy atom. The van der Waals surface area contributed by atoms with Crippen LogP contribution in [0.5, 0.6) is 5.75 Å². The number of rotatable bonds is 5. The number of carbonyl (C=O) groups is 1. The number of amides is 2. The third kappa shape index (κ3) is 4.63. The van der Waals surface area contributed by atoms with E-state index in [-0.39, 0.29) is 18.2 Å². The summed E-state index contributed by atoms with van der Waals surface area (Å²) in [6.45, 7) is 2.33. The Morgan fingerprint density at radius 2 is 2.04 bits per heavy atom. The summed E-state index contributed by atoms with van der Waals surface area (Å²) in [5, 5.41) is 3.18. The highest BCUT2D eigenvalue weighted by molar-refractivity contribution is 5.74. The van der Waals surface area contributed by atoms with Crippen molar-refractivity contribution in [2.45, 2.75) is 44.2 Å². The van der Waals surface area contributed by atoms with E-state index in [1.54, 1.807) is 4.90 Å². The first-order valence-corrected chi connectivity index (χ1v) is 9.03. The van der Waals surface area contributed by atoms with Gasteiger partial charge < -0.3 is 19.7 Å². The van der Waals surface area contributed by atoms with Crippen LogP contribution in [0.3, 0.4) is 0 Å². The number of benzene rings is 1. The lowest BCUT2D eigenvalue weighted by molar-refractivity contribution is 0.110. The van der Waals surface area contributed by atoms with Crippen LogP contribution in [0.1, 0.15) is 32.1 Å². The molecule has 2 aliphatic rings. The van der Waals surface area contributed by atoms with Gasteiger partial charge in [-0.3, -0.25) is 0 Å². The smallest absolute Gasteiger partial charge is 0.317 e. The molecule has 1 saturated carbocycles. The fraction of sp³-hybridized carbons (Fsp3) is 0.632. The van der Waals surface area contributed by atoms with E-state index < -0.39 is 0 Å². The highest BCUT2D eigenvalue weighted by atomic mass is 16.5. The van der Waals surface area contributed by atoms with Crippen molar-refractivity contribution in [1.82, 2.24) is 10.2 Å². The van der Waals surface area contributed by atoms with Gasteiger partial charge in [0.2, 0.25) is 0 Å². The highest BCUT2D eigenvalue weighted by Gasteiger charge is 2.29. The maximum absolute atomic E-state index is 12.5. The van der Waals surface area contributed by atoms with Crippen LogP contribution in [0.4, 0.5) is 4.79 Å². The fourth-order valence-corrected chi connectivity index (χ4v) is 3.54. The van der Waals surface area contributed by atoms with E-state index in [1.165, 1.54) is 0 Å². The Hall–Kier alpha value is -1.75. The Labute approximate surface area is 144 Å². The molecule has 1 aliphatic carbocycles. The largest absolute Gasteiger partial charge is 0.488 e. The third-order valence-corrected chi connectivity index (χ3v) is 4.94. The van der Waals surface area contributed by atoms with Crippen LogP contribution in [-0.4, -0.2) is 49.9 Å². The Bertz CT molecular complexity index is 517. The number of urea groups is 1. The summed E-state index contributed by atoms with van der Waals surface area (Å²) in [6.07, 6.45) is 5.34. The Kier molecular flexibility index (Phi) is 5.96. The second-order valence-corrected chi connectivity index (χ2v) is 6.92. The summed E-state index contributed by atoms with van der Waals surface area (Å²) in [7, 11) is 1.86. The van der Waals surface area contributed by atoms with Crippen LogP contribution in [0, 0.1) is 5.92 Å². The van der Waals surface area contributed by atoms with E-state index in [0.717, 1.165) is 57.6 Å². The summed E-state index contributed by atoms with van der Waals surface area (Å²) in [5.41, 5.74) is 0. The molecule has 2 fully saturated rings. The molecule has 0 bridgehead atoms. The predicted octanol–water partition coefficient (Wildman–Crippen LogP) is 3.05. The number of nitrogens with zero attached hydrogens (tertiary/aromatic N) is 1. The van der Waals surface area contributed by atoms with Crippen molar-refractivity contribution in [2.75, 3.05) is 26.8 Å². The van der Waals surface area contributed by atoms with Crippen molar-refractivity contribution >= 4 is 6.03 Å².